The first-order valence-electron chi connectivity index (χ1n) is 16.2. The van der Waals surface area contributed by atoms with Crippen molar-refractivity contribution in [2.75, 3.05) is 53.4 Å². The molecule has 1 atom stereocenters. The molecule has 2 aliphatic heterocycles. The summed E-state index contributed by atoms with van der Waals surface area (Å²) in [7, 11) is 3.27. The van der Waals surface area contributed by atoms with E-state index >= 15 is 0 Å². The number of likely N-dealkylation sites (tertiary alicyclic amines) is 1. The molecule has 0 saturated carbocycles. The second kappa shape index (κ2) is 15.7. The van der Waals surface area contributed by atoms with Crippen molar-refractivity contribution in [3.8, 4) is 0 Å². The van der Waals surface area contributed by atoms with Crippen LogP contribution < -0.4 is 0 Å². The van der Waals surface area contributed by atoms with E-state index in [1.807, 2.05) is 49.1 Å². The topological polar surface area (TPSA) is 106 Å². The second-order valence-electron chi connectivity index (χ2n) is 13.2. The number of rotatable bonds is 12. The van der Waals surface area contributed by atoms with E-state index in [2.05, 4.69) is 10.1 Å². The Kier molecular flexibility index (Phi) is 12.2. The minimum Gasteiger partial charge on any atom is -0.480 e. The zero-order valence-electron chi connectivity index (χ0n) is 28.3. The van der Waals surface area contributed by atoms with Gasteiger partial charge >= 0.3 is 12.0 Å². The molecule has 0 radical (unpaired) electrons. The van der Waals surface area contributed by atoms with Crippen molar-refractivity contribution >= 4 is 46.8 Å². The first kappa shape index (κ1) is 36.5. The highest BCUT2D eigenvalue weighted by Gasteiger charge is 2.43. The van der Waals surface area contributed by atoms with Gasteiger partial charge in [0, 0.05) is 50.7 Å². The number of benzene rings is 2. The number of halogens is 2. The van der Waals surface area contributed by atoms with Crippen LogP contribution in [0.4, 0.5) is 4.79 Å². The molecule has 2 heterocycles. The van der Waals surface area contributed by atoms with Crippen LogP contribution in [-0.4, -0.2) is 113 Å². The summed E-state index contributed by atoms with van der Waals surface area (Å²) >= 11 is 12.7. The first-order chi connectivity index (χ1) is 22.2. The highest BCUT2D eigenvalue weighted by atomic mass is 35.5. The third kappa shape index (κ3) is 8.77. The Morgan fingerprint density at radius 2 is 1.70 bits per heavy atom. The van der Waals surface area contributed by atoms with Crippen LogP contribution in [0, 0.1) is 13.8 Å². The summed E-state index contributed by atoms with van der Waals surface area (Å²) < 4.78 is 0. The molecule has 0 bridgehead atoms. The van der Waals surface area contributed by atoms with Crippen LogP contribution >= 0.6 is 23.2 Å². The van der Waals surface area contributed by atoms with Gasteiger partial charge in [0.05, 0.1) is 22.3 Å². The molecule has 2 aromatic rings. The molecule has 47 heavy (non-hydrogen) atoms. The predicted octanol–water partition coefficient (Wildman–Crippen LogP) is 6.31. The molecule has 2 fully saturated rings. The van der Waals surface area contributed by atoms with Crippen molar-refractivity contribution in [1.82, 2.24) is 19.6 Å². The molecule has 1 N–H and O–H groups in total. The van der Waals surface area contributed by atoms with Crippen molar-refractivity contribution < 1.29 is 24.3 Å². The van der Waals surface area contributed by atoms with Gasteiger partial charge in [-0.05, 0) is 89.8 Å². The van der Waals surface area contributed by atoms with E-state index in [0.29, 0.717) is 40.8 Å². The van der Waals surface area contributed by atoms with Gasteiger partial charge in [0.1, 0.15) is 12.6 Å². The fourth-order valence-corrected chi connectivity index (χ4v) is 7.00. The Morgan fingerprint density at radius 3 is 2.30 bits per heavy atom. The maximum absolute atomic E-state index is 13.5. The number of amides is 3. The van der Waals surface area contributed by atoms with Gasteiger partial charge in [-0.1, -0.05) is 51.6 Å². The monoisotopic (exact) mass is 687 g/mol. The number of carboxylic acids is 1. The minimum absolute atomic E-state index is 0.0625. The normalized spacial score (nSPS) is 17.5. The smallest absolute Gasteiger partial charge is 0.329 e. The number of carbonyl (C=O) groups excluding carboxylic acids is 2. The number of carbonyl (C=O) groups is 3. The number of oxime groups is 1. The number of aryl methyl sites for hydroxylation is 2. The van der Waals surface area contributed by atoms with Crippen molar-refractivity contribution in [3.63, 3.8) is 0 Å². The SMILES string of the molecule is CO/N=C(\CN(C)C(=O)c1cc(C)cc(C)c1)C(CCN1CCC(N2CCCN(C(C)(C)C(=O)O)C2=O)CC1)c1ccc(Cl)c(Cl)c1. The average molecular weight is 689 g/mol. The molecular formula is C35H47Cl2N5O5. The standard InChI is InChI=1S/C35H47Cl2N5O5/c1-23-18-24(2)20-26(19-23)32(43)39(5)22-31(38-47-6)28(25-8-9-29(36)30(37)21-25)12-17-40-15-10-27(11-16-40)41-13-7-14-42(34(41)46)35(3,4)33(44)45/h8-9,18-21,27-28H,7,10-17,22H2,1-6H3,(H,44,45)/b38-31+. The lowest BCUT2D eigenvalue weighted by atomic mass is 9.89. The largest absolute Gasteiger partial charge is 0.480 e. The number of carboxylic acid groups (broad SMARTS) is 1. The van der Waals surface area contributed by atoms with Crippen LogP contribution in [0.15, 0.2) is 41.6 Å². The zero-order valence-corrected chi connectivity index (χ0v) is 29.8. The number of piperidine rings is 1. The average Bonchev–Trinajstić information content (AvgIpc) is 3.02. The molecule has 2 saturated heterocycles. The van der Waals surface area contributed by atoms with Crippen molar-refractivity contribution in [1.29, 1.82) is 0 Å². The number of nitrogens with zero attached hydrogens (tertiary/aromatic N) is 5. The van der Waals surface area contributed by atoms with Gasteiger partial charge in [-0.15, -0.1) is 0 Å². The molecule has 4 rings (SSSR count). The van der Waals surface area contributed by atoms with Crippen LogP contribution in [0.3, 0.4) is 0 Å². The summed E-state index contributed by atoms with van der Waals surface area (Å²) in [6.07, 6.45) is 3.04. The fourth-order valence-electron chi connectivity index (χ4n) is 6.69. The quantitative estimate of drug-likeness (QED) is 0.207. The maximum atomic E-state index is 13.5. The minimum atomic E-state index is -1.25. The van der Waals surface area contributed by atoms with Gasteiger partial charge in [-0.3, -0.25) is 4.79 Å². The lowest BCUT2D eigenvalue weighted by Crippen LogP contribution is -2.63. The Labute approximate surface area is 288 Å². The summed E-state index contributed by atoms with van der Waals surface area (Å²) in [6, 6.07) is 11.3. The highest BCUT2D eigenvalue weighted by Crippen LogP contribution is 2.31. The molecule has 256 valence electrons. The molecule has 10 nitrogen and oxygen atoms in total. The summed E-state index contributed by atoms with van der Waals surface area (Å²) in [6.45, 7) is 10.8. The van der Waals surface area contributed by atoms with Gasteiger partial charge < -0.3 is 29.5 Å². The second-order valence-corrected chi connectivity index (χ2v) is 14.1. The highest BCUT2D eigenvalue weighted by molar-refractivity contribution is 6.42. The van der Waals surface area contributed by atoms with Crippen molar-refractivity contribution in [2.45, 2.75) is 70.9 Å². The third-order valence-electron chi connectivity index (χ3n) is 9.36. The number of urea groups is 1. The fraction of sp³-hybridized carbons (Fsp3) is 0.543. The Hall–Kier alpha value is -3.34. The molecule has 12 heteroatoms. The number of hydrogen-bond acceptors (Lipinski definition) is 6. The van der Waals surface area contributed by atoms with Gasteiger partial charge in [-0.2, -0.15) is 0 Å². The summed E-state index contributed by atoms with van der Waals surface area (Å²) in [4.78, 5) is 51.4. The van der Waals surface area contributed by atoms with E-state index in [-0.39, 0.29) is 30.4 Å². The van der Waals surface area contributed by atoms with Crippen LogP contribution in [0.25, 0.3) is 0 Å². The van der Waals surface area contributed by atoms with E-state index in [1.54, 1.807) is 31.9 Å². The third-order valence-corrected chi connectivity index (χ3v) is 10.1. The van der Waals surface area contributed by atoms with E-state index in [1.165, 1.54) is 12.0 Å². The van der Waals surface area contributed by atoms with Crippen molar-refractivity contribution in [2.24, 2.45) is 5.16 Å². The number of aliphatic carboxylic acids is 1. The summed E-state index contributed by atoms with van der Waals surface area (Å²) in [5.74, 6) is -1.31. The van der Waals surface area contributed by atoms with Crippen LogP contribution in [-0.2, 0) is 9.63 Å². The van der Waals surface area contributed by atoms with Crippen molar-refractivity contribution in [3.05, 3.63) is 68.7 Å². The van der Waals surface area contributed by atoms with E-state index < -0.39 is 11.5 Å². The van der Waals surface area contributed by atoms with E-state index in [4.69, 9.17) is 28.0 Å². The predicted molar refractivity (Wildman–Crippen MR) is 186 cm³/mol. The summed E-state index contributed by atoms with van der Waals surface area (Å²) in [5.41, 5.74) is 3.04. The molecule has 0 aliphatic carbocycles. The molecule has 0 spiro atoms. The van der Waals surface area contributed by atoms with Gasteiger partial charge in [0.2, 0.25) is 0 Å². The Bertz CT molecular complexity index is 1470. The first-order valence-corrected chi connectivity index (χ1v) is 16.9. The Morgan fingerprint density at radius 1 is 1.04 bits per heavy atom. The van der Waals surface area contributed by atoms with Crippen LogP contribution in [0.1, 0.15) is 72.5 Å². The molecule has 3 amide bonds. The lowest BCUT2D eigenvalue weighted by molar-refractivity contribution is -0.148. The lowest BCUT2D eigenvalue weighted by Gasteiger charge is -2.47. The zero-order chi connectivity index (χ0) is 34.5. The number of hydrogen-bond donors (Lipinski definition) is 1. The van der Waals surface area contributed by atoms with Crippen LogP contribution in [0.5, 0.6) is 0 Å². The molecular weight excluding hydrogens is 641 g/mol. The van der Waals surface area contributed by atoms with E-state index in [9.17, 15) is 19.5 Å². The summed E-state index contributed by atoms with van der Waals surface area (Å²) in [5, 5.41) is 15.0. The molecule has 1 unspecified atom stereocenters. The van der Waals surface area contributed by atoms with Gasteiger partial charge in [0.15, 0.2) is 0 Å². The van der Waals surface area contributed by atoms with E-state index in [0.717, 1.165) is 55.6 Å². The molecule has 2 aliphatic rings. The Balaban J connectivity index is 1.46. The molecule has 0 aromatic heterocycles. The van der Waals surface area contributed by atoms with Gasteiger partial charge in [0.25, 0.3) is 5.91 Å². The van der Waals surface area contributed by atoms with Crippen LogP contribution in [0.2, 0.25) is 10.0 Å². The van der Waals surface area contributed by atoms with Gasteiger partial charge in [-0.25, -0.2) is 9.59 Å². The maximum Gasteiger partial charge on any atom is 0.329 e. The molecule has 2 aromatic carbocycles.